The van der Waals surface area contributed by atoms with Gasteiger partial charge in [0.05, 0.1) is 12.2 Å². The predicted octanol–water partition coefficient (Wildman–Crippen LogP) is 2.10. The number of hydrogen-bond acceptors (Lipinski definition) is 3. The zero-order chi connectivity index (χ0) is 10.5. The van der Waals surface area contributed by atoms with Gasteiger partial charge in [0.2, 0.25) is 0 Å². The van der Waals surface area contributed by atoms with E-state index in [2.05, 4.69) is 45.6 Å². The predicted molar refractivity (Wildman–Crippen MR) is 63.0 cm³/mol. The van der Waals surface area contributed by atoms with Gasteiger partial charge >= 0.3 is 0 Å². The fourth-order valence-electron chi connectivity index (χ4n) is 1.46. The molecule has 0 aromatic carbocycles. The summed E-state index contributed by atoms with van der Waals surface area (Å²) in [6.45, 7) is 4.87. The molecule has 0 unspecified atom stereocenters. The Kier molecular flexibility index (Phi) is 3.53. The standard InChI is InChI=1S/C11H15N3S/c1-2-12-8-10-5-6-13-14(10)9-11-4-3-7-15-11/h3-7,12H,2,8-9H2,1H3. The second-order valence-corrected chi connectivity index (χ2v) is 4.37. The first-order valence-corrected chi connectivity index (χ1v) is 6.02. The molecule has 0 saturated heterocycles. The Morgan fingerprint density at radius 1 is 1.47 bits per heavy atom. The summed E-state index contributed by atoms with van der Waals surface area (Å²) in [4.78, 5) is 1.34. The Morgan fingerprint density at radius 3 is 3.13 bits per heavy atom. The molecule has 0 aliphatic heterocycles. The maximum atomic E-state index is 4.33. The lowest BCUT2D eigenvalue weighted by atomic mass is 10.4. The molecular formula is C11H15N3S. The van der Waals surface area contributed by atoms with E-state index >= 15 is 0 Å². The summed E-state index contributed by atoms with van der Waals surface area (Å²) >= 11 is 1.77. The van der Waals surface area contributed by atoms with Crippen LogP contribution in [0.4, 0.5) is 0 Å². The van der Waals surface area contributed by atoms with Crippen LogP contribution in [0.15, 0.2) is 29.8 Å². The molecular weight excluding hydrogens is 206 g/mol. The summed E-state index contributed by atoms with van der Waals surface area (Å²) in [5.41, 5.74) is 1.24. The average Bonchev–Trinajstić information content (AvgIpc) is 2.87. The quantitative estimate of drug-likeness (QED) is 0.838. The lowest BCUT2D eigenvalue weighted by Gasteiger charge is -2.06. The molecule has 3 nitrogen and oxygen atoms in total. The highest BCUT2D eigenvalue weighted by molar-refractivity contribution is 7.09. The molecule has 2 rings (SSSR count). The van der Waals surface area contributed by atoms with Crippen LogP contribution in [0.3, 0.4) is 0 Å². The second-order valence-electron chi connectivity index (χ2n) is 3.34. The molecule has 2 aromatic heterocycles. The second kappa shape index (κ2) is 5.09. The van der Waals surface area contributed by atoms with E-state index in [1.165, 1.54) is 10.6 Å². The van der Waals surface area contributed by atoms with Crippen LogP contribution in [0.1, 0.15) is 17.5 Å². The van der Waals surface area contributed by atoms with Gasteiger partial charge in [-0.1, -0.05) is 13.0 Å². The Balaban J connectivity index is 2.04. The van der Waals surface area contributed by atoms with Crippen molar-refractivity contribution < 1.29 is 0 Å². The number of nitrogens with one attached hydrogen (secondary N) is 1. The smallest absolute Gasteiger partial charge is 0.0755 e. The van der Waals surface area contributed by atoms with Crippen molar-refractivity contribution in [3.05, 3.63) is 40.3 Å². The monoisotopic (exact) mass is 221 g/mol. The largest absolute Gasteiger partial charge is 0.311 e. The van der Waals surface area contributed by atoms with Crippen molar-refractivity contribution >= 4 is 11.3 Å². The summed E-state index contributed by atoms with van der Waals surface area (Å²) in [7, 11) is 0. The number of hydrogen-bond donors (Lipinski definition) is 1. The van der Waals surface area contributed by atoms with Crippen molar-refractivity contribution in [1.82, 2.24) is 15.1 Å². The highest BCUT2D eigenvalue weighted by Gasteiger charge is 2.02. The highest BCUT2D eigenvalue weighted by Crippen LogP contribution is 2.11. The molecule has 1 N–H and O–H groups in total. The van der Waals surface area contributed by atoms with Crippen molar-refractivity contribution in [3.63, 3.8) is 0 Å². The maximum absolute atomic E-state index is 4.33. The number of aromatic nitrogens is 2. The lowest BCUT2D eigenvalue weighted by molar-refractivity contribution is 0.609. The molecule has 0 aliphatic carbocycles. The van der Waals surface area contributed by atoms with E-state index in [9.17, 15) is 0 Å². The molecule has 0 aliphatic rings. The minimum absolute atomic E-state index is 0.880. The van der Waals surface area contributed by atoms with Gasteiger partial charge in [-0.25, -0.2) is 0 Å². The van der Waals surface area contributed by atoms with Crippen LogP contribution >= 0.6 is 11.3 Å². The van der Waals surface area contributed by atoms with Crippen molar-refractivity contribution in [2.24, 2.45) is 0 Å². The Labute approximate surface area is 93.7 Å². The van der Waals surface area contributed by atoms with E-state index in [0.717, 1.165) is 19.6 Å². The summed E-state index contributed by atoms with van der Waals surface area (Å²) < 4.78 is 2.05. The topological polar surface area (TPSA) is 29.9 Å². The van der Waals surface area contributed by atoms with Gasteiger partial charge < -0.3 is 5.32 Å². The van der Waals surface area contributed by atoms with Crippen LogP contribution in [0.5, 0.6) is 0 Å². The summed E-state index contributed by atoms with van der Waals surface area (Å²) in [5.74, 6) is 0. The lowest BCUT2D eigenvalue weighted by Crippen LogP contribution is -2.16. The third-order valence-electron chi connectivity index (χ3n) is 2.25. The first kappa shape index (κ1) is 10.4. The summed E-state index contributed by atoms with van der Waals surface area (Å²) in [6, 6.07) is 6.28. The molecule has 2 aromatic rings. The SMILES string of the molecule is CCNCc1ccnn1Cc1cccs1. The number of nitrogens with zero attached hydrogens (tertiary/aromatic N) is 2. The number of rotatable bonds is 5. The first-order chi connectivity index (χ1) is 7.40. The molecule has 0 amide bonds. The van der Waals surface area contributed by atoms with E-state index in [1.54, 1.807) is 11.3 Å². The van der Waals surface area contributed by atoms with Gasteiger partial charge in [-0.2, -0.15) is 5.10 Å². The van der Waals surface area contributed by atoms with Gasteiger partial charge in [0.15, 0.2) is 0 Å². The number of thiophene rings is 1. The molecule has 80 valence electrons. The van der Waals surface area contributed by atoms with Crippen LogP contribution in [0.25, 0.3) is 0 Å². The van der Waals surface area contributed by atoms with Gasteiger partial charge in [-0.3, -0.25) is 4.68 Å². The summed E-state index contributed by atoms with van der Waals surface area (Å²) in [6.07, 6.45) is 1.86. The Morgan fingerprint density at radius 2 is 2.40 bits per heavy atom. The van der Waals surface area contributed by atoms with Gasteiger partial charge in [0.1, 0.15) is 0 Å². The zero-order valence-electron chi connectivity index (χ0n) is 8.81. The van der Waals surface area contributed by atoms with Crippen molar-refractivity contribution in [2.75, 3.05) is 6.54 Å². The molecule has 0 spiro atoms. The van der Waals surface area contributed by atoms with E-state index in [1.807, 2.05) is 6.20 Å². The Bertz CT molecular complexity index is 392. The third kappa shape index (κ3) is 2.67. The van der Waals surface area contributed by atoms with E-state index < -0.39 is 0 Å². The van der Waals surface area contributed by atoms with E-state index in [4.69, 9.17) is 0 Å². The van der Waals surface area contributed by atoms with Crippen LogP contribution < -0.4 is 5.32 Å². The van der Waals surface area contributed by atoms with Gasteiger partial charge in [0.25, 0.3) is 0 Å². The van der Waals surface area contributed by atoms with Gasteiger partial charge in [-0.15, -0.1) is 11.3 Å². The van der Waals surface area contributed by atoms with Crippen LogP contribution in [0, 0.1) is 0 Å². The minimum Gasteiger partial charge on any atom is -0.311 e. The average molecular weight is 221 g/mol. The van der Waals surface area contributed by atoms with Crippen LogP contribution in [-0.2, 0) is 13.1 Å². The normalized spacial score (nSPS) is 10.7. The molecule has 15 heavy (non-hydrogen) atoms. The maximum Gasteiger partial charge on any atom is 0.0755 e. The fraction of sp³-hybridized carbons (Fsp3) is 0.364. The molecule has 0 bridgehead atoms. The van der Waals surface area contributed by atoms with Crippen LogP contribution in [0.2, 0.25) is 0 Å². The molecule has 2 heterocycles. The molecule has 0 radical (unpaired) electrons. The van der Waals surface area contributed by atoms with Crippen LogP contribution in [-0.4, -0.2) is 16.3 Å². The fourth-order valence-corrected chi connectivity index (χ4v) is 2.14. The molecule has 0 fully saturated rings. The molecule has 0 atom stereocenters. The first-order valence-electron chi connectivity index (χ1n) is 5.14. The zero-order valence-corrected chi connectivity index (χ0v) is 9.63. The van der Waals surface area contributed by atoms with Gasteiger partial charge in [0, 0.05) is 17.6 Å². The van der Waals surface area contributed by atoms with Crippen molar-refractivity contribution in [2.45, 2.75) is 20.0 Å². The molecule has 4 heteroatoms. The van der Waals surface area contributed by atoms with Crippen molar-refractivity contribution in [3.8, 4) is 0 Å². The van der Waals surface area contributed by atoms with E-state index in [-0.39, 0.29) is 0 Å². The Hall–Kier alpha value is -1.13. The highest BCUT2D eigenvalue weighted by atomic mass is 32.1. The molecule has 0 saturated carbocycles. The van der Waals surface area contributed by atoms with Crippen molar-refractivity contribution in [1.29, 1.82) is 0 Å². The summed E-state index contributed by atoms with van der Waals surface area (Å²) in [5, 5.41) is 9.74. The van der Waals surface area contributed by atoms with Gasteiger partial charge in [-0.05, 0) is 24.1 Å². The third-order valence-corrected chi connectivity index (χ3v) is 3.11. The van der Waals surface area contributed by atoms with E-state index in [0.29, 0.717) is 0 Å². The minimum atomic E-state index is 0.880.